The first-order valence-corrected chi connectivity index (χ1v) is 6.86. The van der Waals surface area contributed by atoms with Gasteiger partial charge in [0.2, 0.25) is 0 Å². The van der Waals surface area contributed by atoms with Crippen LogP contribution in [0.5, 0.6) is 5.75 Å². The number of pyridine rings is 1. The van der Waals surface area contributed by atoms with Crippen molar-refractivity contribution in [3.05, 3.63) is 36.1 Å². The van der Waals surface area contributed by atoms with Crippen LogP contribution >= 0.6 is 11.6 Å². The van der Waals surface area contributed by atoms with Gasteiger partial charge in [0.05, 0.1) is 6.20 Å². The fourth-order valence-electron chi connectivity index (χ4n) is 2.12. The molecule has 0 radical (unpaired) electrons. The third-order valence-corrected chi connectivity index (χ3v) is 3.87. The second-order valence-electron chi connectivity index (χ2n) is 4.87. The number of aromatic nitrogens is 3. The van der Waals surface area contributed by atoms with E-state index in [-0.39, 0.29) is 0 Å². The Labute approximate surface area is 122 Å². The van der Waals surface area contributed by atoms with Crippen LogP contribution in [0.3, 0.4) is 0 Å². The molecule has 0 saturated carbocycles. The fraction of sp³-hybridized carbons (Fsp3) is 0.357. The summed E-state index contributed by atoms with van der Waals surface area (Å²) >= 11 is 6.12. The van der Waals surface area contributed by atoms with Gasteiger partial charge in [-0.2, -0.15) is 0 Å². The number of halogens is 1. The molecule has 3 heterocycles. The molecule has 0 aromatic carbocycles. The molecule has 0 spiro atoms. The Bertz CT molecular complexity index is 593. The number of likely N-dealkylation sites (tertiary alicyclic amines) is 1. The quantitative estimate of drug-likeness (QED) is 0.809. The number of hydrogen-bond acceptors (Lipinski definition) is 5. The molecule has 104 valence electrons. The van der Waals surface area contributed by atoms with Crippen molar-refractivity contribution in [2.45, 2.75) is 12.5 Å². The third-order valence-electron chi connectivity index (χ3n) is 3.57. The van der Waals surface area contributed by atoms with Gasteiger partial charge in [-0.05, 0) is 26.1 Å². The van der Waals surface area contributed by atoms with Crippen molar-refractivity contribution in [3.63, 3.8) is 0 Å². The minimum absolute atomic E-state index is 0.424. The van der Waals surface area contributed by atoms with E-state index in [1.54, 1.807) is 18.6 Å². The first-order chi connectivity index (χ1) is 9.74. The SMILES string of the molecule is CN1CC[C@H]1COc1cnc(Cl)c(-c2cncnc2)c1. The molecule has 1 aliphatic rings. The molecular formula is C14H15ClN4O. The average Bonchev–Trinajstić information content (AvgIpc) is 2.48. The third kappa shape index (κ3) is 2.73. The van der Waals surface area contributed by atoms with E-state index in [1.165, 1.54) is 12.7 Å². The zero-order valence-corrected chi connectivity index (χ0v) is 11.9. The lowest BCUT2D eigenvalue weighted by atomic mass is 10.1. The van der Waals surface area contributed by atoms with Crippen LogP contribution in [-0.4, -0.2) is 46.1 Å². The van der Waals surface area contributed by atoms with Gasteiger partial charge >= 0.3 is 0 Å². The van der Waals surface area contributed by atoms with Crippen LogP contribution in [0.25, 0.3) is 11.1 Å². The van der Waals surface area contributed by atoms with Gasteiger partial charge in [-0.15, -0.1) is 0 Å². The standard InChI is InChI=1S/C14H15ClN4O/c1-19-3-2-11(19)8-20-12-4-13(14(15)18-7-12)10-5-16-9-17-6-10/h4-7,9,11H,2-3,8H2,1H3/t11-/m0/s1. The molecule has 1 aliphatic heterocycles. The van der Waals surface area contributed by atoms with Crippen LogP contribution in [-0.2, 0) is 0 Å². The molecule has 20 heavy (non-hydrogen) atoms. The highest BCUT2D eigenvalue weighted by molar-refractivity contribution is 6.32. The Morgan fingerprint density at radius 3 is 2.80 bits per heavy atom. The lowest BCUT2D eigenvalue weighted by Gasteiger charge is -2.37. The normalized spacial score (nSPS) is 18.6. The Hall–Kier alpha value is -1.72. The number of rotatable bonds is 4. The molecule has 0 unspecified atom stereocenters. The van der Waals surface area contributed by atoms with E-state index >= 15 is 0 Å². The number of nitrogens with zero attached hydrogens (tertiary/aromatic N) is 4. The van der Waals surface area contributed by atoms with Crippen LogP contribution in [0.2, 0.25) is 5.15 Å². The molecule has 3 rings (SSSR count). The van der Waals surface area contributed by atoms with E-state index < -0.39 is 0 Å². The molecule has 0 N–H and O–H groups in total. The zero-order valence-electron chi connectivity index (χ0n) is 11.2. The molecule has 0 amide bonds. The van der Waals surface area contributed by atoms with E-state index in [2.05, 4.69) is 26.9 Å². The summed E-state index contributed by atoms with van der Waals surface area (Å²) in [5, 5.41) is 0.424. The molecule has 0 aliphatic carbocycles. The van der Waals surface area contributed by atoms with Gasteiger partial charge in [-0.1, -0.05) is 11.6 Å². The van der Waals surface area contributed by atoms with Crippen molar-refractivity contribution in [2.75, 3.05) is 20.2 Å². The first kappa shape index (κ1) is 13.3. The first-order valence-electron chi connectivity index (χ1n) is 6.48. The molecule has 2 aromatic rings. The van der Waals surface area contributed by atoms with Crippen LogP contribution in [0.15, 0.2) is 31.0 Å². The Morgan fingerprint density at radius 1 is 1.35 bits per heavy atom. The topological polar surface area (TPSA) is 51.1 Å². The lowest BCUT2D eigenvalue weighted by molar-refractivity contribution is 0.0768. The molecule has 2 aromatic heterocycles. The fourth-order valence-corrected chi connectivity index (χ4v) is 2.33. The van der Waals surface area contributed by atoms with Crippen molar-refractivity contribution in [2.24, 2.45) is 0 Å². The van der Waals surface area contributed by atoms with Gasteiger partial charge in [0.15, 0.2) is 0 Å². The summed E-state index contributed by atoms with van der Waals surface area (Å²) in [6, 6.07) is 2.38. The van der Waals surface area contributed by atoms with Crippen molar-refractivity contribution in [1.82, 2.24) is 19.9 Å². The Kier molecular flexibility index (Phi) is 3.80. The minimum Gasteiger partial charge on any atom is -0.490 e. The van der Waals surface area contributed by atoms with Crippen molar-refractivity contribution < 1.29 is 4.74 Å². The maximum atomic E-state index is 6.12. The second kappa shape index (κ2) is 5.73. The highest BCUT2D eigenvalue weighted by Gasteiger charge is 2.24. The number of likely N-dealkylation sites (N-methyl/N-ethyl adjacent to an activating group) is 1. The molecule has 1 saturated heterocycles. The summed E-state index contributed by atoms with van der Waals surface area (Å²) < 4.78 is 5.79. The maximum absolute atomic E-state index is 6.12. The molecular weight excluding hydrogens is 276 g/mol. The van der Waals surface area contributed by atoms with Gasteiger partial charge in [0.1, 0.15) is 23.8 Å². The summed E-state index contributed by atoms with van der Waals surface area (Å²) in [5.41, 5.74) is 1.61. The summed E-state index contributed by atoms with van der Waals surface area (Å²) in [4.78, 5) is 14.4. The summed E-state index contributed by atoms with van der Waals surface area (Å²) in [6.45, 7) is 1.81. The highest BCUT2D eigenvalue weighted by Crippen LogP contribution is 2.29. The van der Waals surface area contributed by atoms with Crippen LogP contribution in [0.4, 0.5) is 0 Å². The number of ether oxygens (including phenoxy) is 1. The summed E-state index contributed by atoms with van der Waals surface area (Å²) in [7, 11) is 2.10. The van der Waals surface area contributed by atoms with Crippen molar-refractivity contribution in [3.8, 4) is 16.9 Å². The van der Waals surface area contributed by atoms with Crippen LogP contribution < -0.4 is 4.74 Å². The van der Waals surface area contributed by atoms with Crippen LogP contribution in [0, 0.1) is 0 Å². The van der Waals surface area contributed by atoms with Gasteiger partial charge in [-0.25, -0.2) is 15.0 Å². The average molecular weight is 291 g/mol. The smallest absolute Gasteiger partial charge is 0.138 e. The van der Waals surface area contributed by atoms with Crippen molar-refractivity contribution in [1.29, 1.82) is 0 Å². The van der Waals surface area contributed by atoms with Gasteiger partial charge in [0, 0.05) is 29.6 Å². The zero-order chi connectivity index (χ0) is 13.9. The van der Waals surface area contributed by atoms with E-state index in [4.69, 9.17) is 16.3 Å². The molecule has 1 fully saturated rings. The minimum atomic E-state index is 0.424. The van der Waals surface area contributed by atoms with Gasteiger partial charge in [-0.3, -0.25) is 4.90 Å². The second-order valence-corrected chi connectivity index (χ2v) is 5.23. The summed E-state index contributed by atoms with van der Waals surface area (Å²) in [6.07, 6.45) is 7.72. The van der Waals surface area contributed by atoms with Crippen molar-refractivity contribution >= 4 is 11.6 Å². The lowest BCUT2D eigenvalue weighted by Crippen LogP contribution is -2.48. The summed E-state index contributed by atoms with van der Waals surface area (Å²) in [5.74, 6) is 0.716. The highest BCUT2D eigenvalue weighted by atomic mass is 35.5. The van der Waals surface area contributed by atoms with E-state index in [0.29, 0.717) is 23.6 Å². The molecule has 6 heteroatoms. The predicted molar refractivity (Wildman–Crippen MR) is 76.8 cm³/mol. The predicted octanol–water partition coefficient (Wildman–Crippen LogP) is 2.27. The van der Waals surface area contributed by atoms with E-state index in [9.17, 15) is 0 Å². The monoisotopic (exact) mass is 290 g/mol. The molecule has 1 atom stereocenters. The molecule has 5 nitrogen and oxygen atoms in total. The maximum Gasteiger partial charge on any atom is 0.138 e. The van der Waals surface area contributed by atoms with Gasteiger partial charge in [0.25, 0.3) is 0 Å². The van der Waals surface area contributed by atoms with E-state index in [1.807, 2.05) is 6.07 Å². The molecule has 0 bridgehead atoms. The Morgan fingerprint density at radius 2 is 2.15 bits per heavy atom. The van der Waals surface area contributed by atoms with E-state index in [0.717, 1.165) is 17.7 Å². The van der Waals surface area contributed by atoms with Crippen LogP contribution in [0.1, 0.15) is 6.42 Å². The largest absolute Gasteiger partial charge is 0.490 e. The number of hydrogen-bond donors (Lipinski definition) is 0. The van der Waals surface area contributed by atoms with Gasteiger partial charge < -0.3 is 4.74 Å². The Balaban J connectivity index is 1.76.